The highest BCUT2D eigenvalue weighted by molar-refractivity contribution is 9.10. The Labute approximate surface area is 132 Å². The quantitative estimate of drug-likeness (QED) is 0.785. The van der Waals surface area contributed by atoms with Gasteiger partial charge in [-0.15, -0.1) is 0 Å². The summed E-state index contributed by atoms with van der Waals surface area (Å²) in [7, 11) is -1.83. The van der Waals surface area contributed by atoms with Gasteiger partial charge in [0, 0.05) is 12.7 Å². The fourth-order valence-corrected chi connectivity index (χ4v) is 5.01. The van der Waals surface area contributed by atoms with Gasteiger partial charge in [-0.25, -0.2) is 13.1 Å². The number of sulfonamides is 1. The standard InChI is InChI=1S/C13H19BrN2O4S/c1-15-7-9-6-11(13(14)20-9)21(17,18)16-10-4-5-19-12(10)8-2-3-8/h6,8,10,12,15-16H,2-5,7H2,1H3. The Hall–Kier alpha value is -0.410. The second kappa shape index (κ2) is 6.00. The number of halogens is 1. The van der Waals surface area contributed by atoms with Crippen molar-refractivity contribution < 1.29 is 17.6 Å². The Morgan fingerprint density at radius 3 is 2.81 bits per heavy atom. The van der Waals surface area contributed by atoms with Crippen molar-refractivity contribution in [3.8, 4) is 0 Å². The molecule has 1 aromatic heterocycles. The molecule has 2 unspecified atom stereocenters. The smallest absolute Gasteiger partial charge is 0.245 e. The molecular formula is C13H19BrN2O4S. The number of hydrogen-bond donors (Lipinski definition) is 2. The number of rotatable bonds is 6. The molecule has 0 radical (unpaired) electrons. The minimum absolute atomic E-state index is 0.0160. The van der Waals surface area contributed by atoms with Gasteiger partial charge < -0.3 is 14.5 Å². The number of hydrogen-bond acceptors (Lipinski definition) is 5. The molecule has 2 heterocycles. The Balaban J connectivity index is 1.76. The van der Waals surface area contributed by atoms with Gasteiger partial charge in [0.25, 0.3) is 0 Å². The first-order valence-electron chi connectivity index (χ1n) is 7.08. The van der Waals surface area contributed by atoms with Crippen molar-refractivity contribution in [1.82, 2.24) is 10.0 Å². The Bertz CT molecular complexity index is 612. The summed E-state index contributed by atoms with van der Waals surface area (Å²) in [6.07, 6.45) is 3.00. The highest BCUT2D eigenvalue weighted by Crippen LogP contribution is 2.39. The van der Waals surface area contributed by atoms with Gasteiger partial charge in [-0.1, -0.05) is 0 Å². The van der Waals surface area contributed by atoms with Gasteiger partial charge >= 0.3 is 0 Å². The van der Waals surface area contributed by atoms with Crippen molar-refractivity contribution in [2.45, 2.75) is 42.8 Å². The lowest BCUT2D eigenvalue weighted by Crippen LogP contribution is -2.41. The van der Waals surface area contributed by atoms with Gasteiger partial charge in [0.15, 0.2) is 4.67 Å². The average molecular weight is 379 g/mol. The van der Waals surface area contributed by atoms with Crippen LogP contribution in [-0.4, -0.2) is 34.2 Å². The molecule has 118 valence electrons. The van der Waals surface area contributed by atoms with Crippen molar-refractivity contribution in [1.29, 1.82) is 0 Å². The van der Waals surface area contributed by atoms with E-state index in [0.29, 0.717) is 24.8 Å². The van der Waals surface area contributed by atoms with Gasteiger partial charge in [0.1, 0.15) is 10.7 Å². The first-order valence-corrected chi connectivity index (χ1v) is 9.35. The molecule has 1 saturated carbocycles. The fraction of sp³-hybridized carbons (Fsp3) is 0.692. The maximum Gasteiger partial charge on any atom is 0.245 e. The molecule has 1 aliphatic heterocycles. The summed E-state index contributed by atoms with van der Waals surface area (Å²) < 4.78 is 39.2. The molecule has 0 spiro atoms. The number of ether oxygens (including phenoxy) is 1. The highest BCUT2D eigenvalue weighted by Gasteiger charge is 2.42. The van der Waals surface area contributed by atoms with Crippen LogP contribution in [0.1, 0.15) is 25.0 Å². The third-order valence-electron chi connectivity index (χ3n) is 3.88. The van der Waals surface area contributed by atoms with Crippen LogP contribution in [0.4, 0.5) is 0 Å². The molecule has 8 heteroatoms. The zero-order chi connectivity index (χ0) is 15.0. The fourth-order valence-electron chi connectivity index (χ4n) is 2.73. The maximum absolute atomic E-state index is 12.5. The third-order valence-corrected chi connectivity index (χ3v) is 6.22. The van der Waals surface area contributed by atoms with Crippen LogP contribution in [0, 0.1) is 5.92 Å². The Morgan fingerprint density at radius 1 is 1.38 bits per heavy atom. The van der Waals surface area contributed by atoms with E-state index >= 15 is 0 Å². The van der Waals surface area contributed by atoms with Crippen molar-refractivity contribution >= 4 is 26.0 Å². The molecule has 1 aromatic rings. The molecule has 0 amide bonds. The molecule has 21 heavy (non-hydrogen) atoms. The van der Waals surface area contributed by atoms with Crippen molar-refractivity contribution in [2.24, 2.45) is 5.92 Å². The van der Waals surface area contributed by atoms with E-state index in [4.69, 9.17) is 9.15 Å². The summed E-state index contributed by atoms with van der Waals surface area (Å²) in [6.45, 7) is 1.09. The summed E-state index contributed by atoms with van der Waals surface area (Å²) in [5.41, 5.74) is 0. The zero-order valence-electron chi connectivity index (χ0n) is 11.8. The molecule has 2 N–H and O–H groups in total. The topological polar surface area (TPSA) is 80.6 Å². The summed E-state index contributed by atoms with van der Waals surface area (Å²) in [5.74, 6) is 1.08. The largest absolute Gasteiger partial charge is 0.452 e. The van der Waals surface area contributed by atoms with Crippen molar-refractivity contribution in [3.63, 3.8) is 0 Å². The van der Waals surface area contributed by atoms with Crippen LogP contribution in [0.2, 0.25) is 0 Å². The van der Waals surface area contributed by atoms with Crippen LogP contribution >= 0.6 is 15.9 Å². The van der Waals surface area contributed by atoms with Crippen molar-refractivity contribution in [3.05, 3.63) is 16.5 Å². The Kier molecular flexibility index (Phi) is 4.42. The second-order valence-electron chi connectivity index (χ2n) is 5.57. The lowest BCUT2D eigenvalue weighted by Gasteiger charge is -2.19. The third kappa shape index (κ3) is 3.34. The predicted octanol–water partition coefficient (Wildman–Crippen LogP) is 1.61. The molecule has 3 rings (SSSR count). The van der Waals surface area contributed by atoms with Gasteiger partial charge in [-0.3, -0.25) is 0 Å². The van der Waals surface area contributed by atoms with E-state index in [1.807, 2.05) is 0 Å². The molecule has 0 aromatic carbocycles. The van der Waals surface area contributed by atoms with Gasteiger partial charge in [0.2, 0.25) is 10.0 Å². The minimum atomic E-state index is -3.61. The molecule has 0 bridgehead atoms. The van der Waals surface area contributed by atoms with Gasteiger partial charge in [0.05, 0.1) is 18.7 Å². The van der Waals surface area contributed by atoms with E-state index in [-0.39, 0.29) is 21.7 Å². The van der Waals surface area contributed by atoms with Crippen LogP contribution in [0.5, 0.6) is 0 Å². The van der Waals surface area contributed by atoms with Gasteiger partial charge in [-0.05, 0) is 48.2 Å². The molecule has 2 aliphatic rings. The first-order chi connectivity index (χ1) is 10.0. The van der Waals surface area contributed by atoms with Crippen LogP contribution < -0.4 is 10.0 Å². The summed E-state index contributed by atoms with van der Waals surface area (Å²) in [6, 6.07) is 1.40. The highest BCUT2D eigenvalue weighted by atomic mass is 79.9. The van der Waals surface area contributed by atoms with Crippen LogP contribution in [-0.2, 0) is 21.3 Å². The van der Waals surface area contributed by atoms with Crippen LogP contribution in [0.15, 0.2) is 20.0 Å². The lowest BCUT2D eigenvalue weighted by atomic mass is 10.1. The monoisotopic (exact) mass is 378 g/mol. The molecule has 1 saturated heterocycles. The Morgan fingerprint density at radius 2 is 2.14 bits per heavy atom. The predicted molar refractivity (Wildman–Crippen MR) is 80.4 cm³/mol. The average Bonchev–Trinajstić information content (AvgIpc) is 3.04. The summed E-state index contributed by atoms with van der Waals surface area (Å²) >= 11 is 3.18. The summed E-state index contributed by atoms with van der Waals surface area (Å²) in [5, 5.41) is 2.93. The van der Waals surface area contributed by atoms with E-state index < -0.39 is 10.0 Å². The molecule has 2 atom stereocenters. The SMILES string of the molecule is CNCc1cc(S(=O)(=O)NC2CCOC2C2CC2)c(Br)o1. The van der Waals surface area contributed by atoms with E-state index in [2.05, 4.69) is 26.0 Å². The first kappa shape index (κ1) is 15.5. The van der Waals surface area contributed by atoms with Gasteiger partial charge in [-0.2, -0.15) is 0 Å². The molecular weight excluding hydrogens is 360 g/mol. The normalized spacial score (nSPS) is 26.4. The molecule has 6 nitrogen and oxygen atoms in total. The van der Waals surface area contributed by atoms with Crippen LogP contribution in [0.3, 0.4) is 0 Å². The van der Waals surface area contributed by atoms with E-state index in [1.54, 1.807) is 13.1 Å². The minimum Gasteiger partial charge on any atom is -0.452 e. The maximum atomic E-state index is 12.5. The zero-order valence-corrected chi connectivity index (χ0v) is 14.2. The molecule has 1 aliphatic carbocycles. The number of furan rings is 1. The number of nitrogens with one attached hydrogen (secondary N) is 2. The second-order valence-corrected chi connectivity index (χ2v) is 7.97. The van der Waals surface area contributed by atoms with Crippen molar-refractivity contribution in [2.75, 3.05) is 13.7 Å². The van der Waals surface area contributed by atoms with E-state index in [1.165, 1.54) is 0 Å². The lowest BCUT2D eigenvalue weighted by molar-refractivity contribution is 0.0848. The van der Waals surface area contributed by atoms with E-state index in [0.717, 1.165) is 19.3 Å². The molecule has 2 fully saturated rings. The van der Waals surface area contributed by atoms with E-state index in [9.17, 15) is 8.42 Å². The summed E-state index contributed by atoms with van der Waals surface area (Å²) in [4.78, 5) is 0.147. The van der Waals surface area contributed by atoms with Crippen LogP contribution in [0.25, 0.3) is 0 Å².